The number of nitrogens with zero attached hydrogens (tertiary/aromatic N) is 4. The van der Waals surface area contributed by atoms with Gasteiger partial charge in [-0.05, 0) is 39.0 Å². The predicted molar refractivity (Wildman–Crippen MR) is 86.1 cm³/mol. The van der Waals surface area contributed by atoms with Crippen LogP contribution in [0.25, 0.3) is 0 Å². The van der Waals surface area contributed by atoms with Crippen molar-refractivity contribution < 1.29 is 14.1 Å². The second-order valence-corrected chi connectivity index (χ2v) is 7.17. The van der Waals surface area contributed by atoms with Gasteiger partial charge in [-0.3, -0.25) is 9.89 Å². The van der Waals surface area contributed by atoms with Crippen molar-refractivity contribution in [1.29, 1.82) is 0 Å². The predicted octanol–water partition coefficient (Wildman–Crippen LogP) is 1.76. The van der Waals surface area contributed by atoms with Crippen LogP contribution in [0, 0.1) is 0 Å². The largest absolute Gasteiger partial charge is 0.374 e. The summed E-state index contributed by atoms with van der Waals surface area (Å²) in [7, 11) is 0. The van der Waals surface area contributed by atoms with Crippen molar-refractivity contribution in [3.8, 4) is 0 Å². The molecule has 5 rings (SSSR count). The third kappa shape index (κ3) is 2.47. The van der Waals surface area contributed by atoms with Gasteiger partial charge in [0.25, 0.3) is 11.8 Å². The first kappa shape index (κ1) is 15.1. The van der Waals surface area contributed by atoms with Gasteiger partial charge in [-0.2, -0.15) is 10.1 Å². The lowest BCUT2D eigenvalue weighted by Crippen LogP contribution is -2.47. The minimum Gasteiger partial charge on any atom is -0.374 e. The van der Waals surface area contributed by atoms with Gasteiger partial charge in [0.1, 0.15) is 6.04 Å². The van der Waals surface area contributed by atoms with Crippen LogP contribution in [0.15, 0.2) is 4.52 Å². The zero-order chi connectivity index (χ0) is 17.0. The van der Waals surface area contributed by atoms with Crippen LogP contribution in [0.4, 0.5) is 0 Å². The van der Waals surface area contributed by atoms with E-state index in [-0.39, 0.29) is 18.1 Å². The molecule has 1 saturated heterocycles. The van der Waals surface area contributed by atoms with Crippen molar-refractivity contribution in [2.75, 3.05) is 13.2 Å². The lowest BCUT2D eigenvalue weighted by molar-refractivity contribution is -0.0602. The average Bonchev–Trinajstić information content (AvgIpc) is 3.02. The molecule has 25 heavy (non-hydrogen) atoms. The van der Waals surface area contributed by atoms with Gasteiger partial charge in [0.2, 0.25) is 0 Å². The Hall–Kier alpha value is -2.22. The number of nitrogens with one attached hydrogen (secondary N) is 1. The van der Waals surface area contributed by atoms with Gasteiger partial charge < -0.3 is 14.2 Å². The van der Waals surface area contributed by atoms with Crippen LogP contribution >= 0.6 is 0 Å². The van der Waals surface area contributed by atoms with E-state index < -0.39 is 0 Å². The van der Waals surface area contributed by atoms with E-state index in [2.05, 4.69) is 20.3 Å². The lowest BCUT2D eigenvalue weighted by atomic mass is 10.1. The number of ether oxygens (including phenoxy) is 1. The third-order valence-electron chi connectivity index (χ3n) is 5.42. The quantitative estimate of drug-likeness (QED) is 0.912. The molecule has 0 unspecified atom stereocenters. The fraction of sp³-hybridized carbons (Fsp3) is 0.647. The monoisotopic (exact) mass is 343 g/mol. The highest BCUT2D eigenvalue weighted by atomic mass is 16.5. The molecule has 2 atom stereocenters. The molecule has 3 aliphatic rings. The number of morpholine rings is 1. The normalized spacial score (nSPS) is 26.0. The Balaban J connectivity index is 1.47. The molecule has 8 heteroatoms. The molecule has 2 aromatic rings. The highest BCUT2D eigenvalue weighted by molar-refractivity contribution is 5.94. The summed E-state index contributed by atoms with van der Waals surface area (Å²) < 4.78 is 11.3. The topological polar surface area (TPSA) is 97.1 Å². The first-order valence-electron chi connectivity index (χ1n) is 9.04. The van der Waals surface area contributed by atoms with Crippen molar-refractivity contribution in [1.82, 2.24) is 25.2 Å². The minimum absolute atomic E-state index is 0.0780. The molecule has 8 nitrogen and oxygen atoms in total. The Morgan fingerprint density at radius 1 is 1.32 bits per heavy atom. The Kier molecular flexibility index (Phi) is 3.41. The van der Waals surface area contributed by atoms with Crippen molar-refractivity contribution in [3.05, 3.63) is 28.7 Å². The molecule has 132 valence electrons. The van der Waals surface area contributed by atoms with E-state index in [4.69, 9.17) is 9.26 Å². The molecule has 1 aliphatic heterocycles. The fourth-order valence-electron chi connectivity index (χ4n) is 3.89. The highest BCUT2D eigenvalue weighted by Gasteiger charge is 2.41. The van der Waals surface area contributed by atoms with Crippen LogP contribution in [-0.4, -0.2) is 50.4 Å². The maximum atomic E-state index is 13.2. The molecular weight excluding hydrogens is 322 g/mol. The number of fused-ring (bicyclic) bond motifs is 1. The zero-order valence-corrected chi connectivity index (χ0v) is 14.2. The maximum absolute atomic E-state index is 13.2. The molecular formula is C17H21N5O3. The maximum Gasteiger partial charge on any atom is 0.275 e. The Morgan fingerprint density at radius 2 is 2.20 bits per heavy atom. The number of hydrogen-bond acceptors (Lipinski definition) is 6. The molecule has 1 saturated carbocycles. The summed E-state index contributed by atoms with van der Waals surface area (Å²) in [5, 5.41) is 11.4. The summed E-state index contributed by atoms with van der Waals surface area (Å²) in [6, 6.07) is -0.366. The summed E-state index contributed by atoms with van der Waals surface area (Å²) in [5.41, 5.74) is 2.69. The Morgan fingerprint density at radius 3 is 3.04 bits per heavy atom. The van der Waals surface area contributed by atoms with Crippen LogP contribution in [0.1, 0.15) is 71.6 Å². The number of rotatable bonds is 3. The number of H-pyrrole nitrogens is 1. The SMILES string of the molecule is C[C@H]1OCCN(C(=O)c2n[nH]c3c2CCC3)[C@@H]1c1nc(C2CC2)no1. The van der Waals surface area contributed by atoms with Crippen LogP contribution < -0.4 is 0 Å². The van der Waals surface area contributed by atoms with Gasteiger partial charge in [0.05, 0.1) is 12.7 Å². The van der Waals surface area contributed by atoms with E-state index in [1.807, 2.05) is 6.92 Å². The third-order valence-corrected chi connectivity index (χ3v) is 5.42. The Bertz CT molecular complexity index is 809. The molecule has 1 N–H and O–H groups in total. The van der Waals surface area contributed by atoms with Crippen LogP contribution in [0.3, 0.4) is 0 Å². The molecule has 2 fully saturated rings. The Labute approximate surface area is 144 Å². The van der Waals surface area contributed by atoms with Crippen molar-refractivity contribution in [3.63, 3.8) is 0 Å². The highest BCUT2D eigenvalue weighted by Crippen LogP contribution is 2.39. The second kappa shape index (κ2) is 5.66. The van der Waals surface area contributed by atoms with E-state index in [9.17, 15) is 4.79 Å². The summed E-state index contributed by atoms with van der Waals surface area (Å²) in [6.45, 7) is 2.94. The van der Waals surface area contributed by atoms with E-state index in [1.165, 1.54) is 0 Å². The molecule has 0 radical (unpaired) electrons. The number of aromatic nitrogens is 4. The van der Waals surface area contributed by atoms with Crippen LogP contribution in [0.5, 0.6) is 0 Å². The smallest absolute Gasteiger partial charge is 0.275 e. The van der Waals surface area contributed by atoms with Gasteiger partial charge in [-0.1, -0.05) is 5.16 Å². The zero-order valence-electron chi connectivity index (χ0n) is 14.2. The van der Waals surface area contributed by atoms with E-state index in [0.29, 0.717) is 30.7 Å². The van der Waals surface area contributed by atoms with E-state index in [1.54, 1.807) is 4.90 Å². The van der Waals surface area contributed by atoms with Gasteiger partial charge in [-0.25, -0.2) is 0 Å². The number of carbonyl (C=O) groups excluding carboxylic acids is 1. The fourth-order valence-corrected chi connectivity index (χ4v) is 3.89. The second-order valence-electron chi connectivity index (χ2n) is 7.17. The molecule has 0 aromatic carbocycles. The van der Waals surface area contributed by atoms with Gasteiger partial charge in [0.15, 0.2) is 11.5 Å². The van der Waals surface area contributed by atoms with E-state index in [0.717, 1.165) is 49.2 Å². The van der Waals surface area contributed by atoms with Crippen LogP contribution in [0.2, 0.25) is 0 Å². The van der Waals surface area contributed by atoms with Gasteiger partial charge >= 0.3 is 0 Å². The van der Waals surface area contributed by atoms with Crippen molar-refractivity contribution in [2.24, 2.45) is 0 Å². The minimum atomic E-state index is -0.366. The lowest BCUT2D eigenvalue weighted by Gasteiger charge is -2.37. The summed E-state index contributed by atoms with van der Waals surface area (Å²) in [4.78, 5) is 19.5. The standard InChI is InChI=1S/C17H21N5O3/c1-9-14(16-18-15(21-25-16)10-5-6-10)22(7-8-24-9)17(23)13-11-3-2-4-12(11)19-20-13/h9-10,14H,2-8H2,1H3,(H,19,20)/t9-,14+/m1/s1. The number of aryl methyl sites for hydroxylation is 1. The molecule has 1 amide bonds. The molecule has 3 heterocycles. The number of aromatic amines is 1. The number of hydrogen-bond donors (Lipinski definition) is 1. The summed E-state index contributed by atoms with van der Waals surface area (Å²) in [6.07, 6.45) is 4.96. The van der Waals surface area contributed by atoms with Crippen molar-refractivity contribution >= 4 is 5.91 Å². The summed E-state index contributed by atoms with van der Waals surface area (Å²) in [5.74, 6) is 1.55. The molecule has 0 spiro atoms. The van der Waals surface area contributed by atoms with Crippen LogP contribution in [-0.2, 0) is 17.6 Å². The van der Waals surface area contributed by atoms with E-state index >= 15 is 0 Å². The first-order valence-corrected chi connectivity index (χ1v) is 9.04. The molecule has 2 aromatic heterocycles. The first-order chi connectivity index (χ1) is 12.2. The molecule has 0 bridgehead atoms. The van der Waals surface area contributed by atoms with Gasteiger partial charge in [0, 0.05) is 23.7 Å². The van der Waals surface area contributed by atoms with Crippen molar-refractivity contribution in [2.45, 2.75) is 57.1 Å². The average molecular weight is 343 g/mol. The number of amides is 1. The number of carbonyl (C=O) groups is 1. The summed E-state index contributed by atoms with van der Waals surface area (Å²) >= 11 is 0. The molecule has 2 aliphatic carbocycles. The van der Waals surface area contributed by atoms with Gasteiger partial charge in [-0.15, -0.1) is 0 Å².